The first kappa shape index (κ1) is 13.4. The molecule has 0 amide bonds. The number of aromatic nitrogens is 2. The van der Waals surface area contributed by atoms with Crippen molar-refractivity contribution >= 4 is 11.8 Å². The number of aliphatic hydroxyl groups is 1. The zero-order valence-corrected chi connectivity index (χ0v) is 10.9. The number of thioether (sulfide) groups is 1. The fourth-order valence-corrected chi connectivity index (χ4v) is 1.99. The highest BCUT2D eigenvalue weighted by Gasteiger charge is 2.13. The number of rotatable bonds is 6. The van der Waals surface area contributed by atoms with Crippen LogP contribution in [0.5, 0.6) is 0 Å². The highest BCUT2D eigenvalue weighted by molar-refractivity contribution is 7.98. The van der Waals surface area contributed by atoms with Gasteiger partial charge in [0.1, 0.15) is 5.03 Å². The Morgan fingerprint density at radius 2 is 2.06 bits per heavy atom. The van der Waals surface area contributed by atoms with Gasteiger partial charge in [0, 0.05) is 31.5 Å². The Hall–Kier alpha value is -0.650. The van der Waals surface area contributed by atoms with Crippen molar-refractivity contribution in [2.75, 3.05) is 19.4 Å². The molecule has 16 heavy (non-hydrogen) atoms. The van der Waals surface area contributed by atoms with E-state index in [4.69, 9.17) is 5.11 Å². The average Bonchev–Trinajstić information content (AvgIpc) is 2.29. The van der Waals surface area contributed by atoms with Gasteiger partial charge in [-0.2, -0.15) is 0 Å². The lowest BCUT2D eigenvalue weighted by Gasteiger charge is -2.25. The molecule has 1 aromatic rings. The molecule has 1 aromatic heterocycles. The summed E-state index contributed by atoms with van der Waals surface area (Å²) in [5.41, 5.74) is 0.983. The molecule has 0 saturated carbocycles. The summed E-state index contributed by atoms with van der Waals surface area (Å²) in [6.45, 7) is 5.81. The van der Waals surface area contributed by atoms with Gasteiger partial charge in [0.25, 0.3) is 0 Å². The molecule has 0 aliphatic rings. The van der Waals surface area contributed by atoms with Gasteiger partial charge in [0.15, 0.2) is 0 Å². The van der Waals surface area contributed by atoms with Crippen LogP contribution in [-0.4, -0.2) is 45.4 Å². The Labute approximate surface area is 101 Å². The van der Waals surface area contributed by atoms with Gasteiger partial charge in [-0.3, -0.25) is 9.88 Å². The number of hydrogen-bond acceptors (Lipinski definition) is 5. The van der Waals surface area contributed by atoms with Crippen molar-refractivity contribution in [2.45, 2.75) is 31.5 Å². The minimum absolute atomic E-state index is 0.174. The maximum atomic E-state index is 9.01. The molecule has 0 radical (unpaired) electrons. The van der Waals surface area contributed by atoms with E-state index in [9.17, 15) is 0 Å². The highest BCUT2D eigenvalue weighted by atomic mass is 32.2. The van der Waals surface area contributed by atoms with Crippen LogP contribution < -0.4 is 0 Å². The van der Waals surface area contributed by atoms with Crippen molar-refractivity contribution in [1.29, 1.82) is 0 Å². The maximum Gasteiger partial charge on any atom is 0.119 e. The largest absolute Gasteiger partial charge is 0.395 e. The van der Waals surface area contributed by atoms with Crippen LogP contribution in [0.15, 0.2) is 17.4 Å². The SMILES string of the molecule is CSc1nccnc1CN(CCO)C(C)C. The van der Waals surface area contributed by atoms with Gasteiger partial charge < -0.3 is 5.11 Å². The monoisotopic (exact) mass is 241 g/mol. The lowest BCUT2D eigenvalue weighted by atomic mass is 10.3. The molecule has 0 atom stereocenters. The molecular formula is C11H19N3OS. The third-order valence-electron chi connectivity index (χ3n) is 2.40. The van der Waals surface area contributed by atoms with Crippen molar-refractivity contribution in [1.82, 2.24) is 14.9 Å². The summed E-state index contributed by atoms with van der Waals surface area (Å²) >= 11 is 1.60. The summed E-state index contributed by atoms with van der Waals surface area (Å²) in [7, 11) is 0. The van der Waals surface area contributed by atoms with E-state index in [1.165, 1.54) is 0 Å². The molecule has 5 heteroatoms. The van der Waals surface area contributed by atoms with Gasteiger partial charge in [0.05, 0.1) is 12.3 Å². The van der Waals surface area contributed by atoms with Gasteiger partial charge in [-0.05, 0) is 20.1 Å². The third-order valence-corrected chi connectivity index (χ3v) is 3.13. The molecule has 4 nitrogen and oxygen atoms in total. The van der Waals surface area contributed by atoms with Gasteiger partial charge >= 0.3 is 0 Å². The molecule has 0 spiro atoms. The quantitative estimate of drug-likeness (QED) is 0.763. The number of aliphatic hydroxyl groups excluding tert-OH is 1. The van der Waals surface area contributed by atoms with Gasteiger partial charge in [0.2, 0.25) is 0 Å². The molecule has 1 N–H and O–H groups in total. The fourth-order valence-electron chi connectivity index (χ4n) is 1.47. The lowest BCUT2D eigenvalue weighted by Crippen LogP contribution is -2.33. The van der Waals surface area contributed by atoms with Crippen LogP contribution in [0.3, 0.4) is 0 Å². The molecule has 0 unspecified atom stereocenters. The molecule has 0 aliphatic carbocycles. The molecule has 0 fully saturated rings. The zero-order valence-electron chi connectivity index (χ0n) is 10.1. The van der Waals surface area contributed by atoms with Crippen molar-refractivity contribution < 1.29 is 5.11 Å². The van der Waals surface area contributed by atoms with Crippen LogP contribution in [0.25, 0.3) is 0 Å². The van der Waals surface area contributed by atoms with E-state index in [0.29, 0.717) is 12.6 Å². The second-order valence-corrected chi connectivity index (χ2v) is 4.60. The molecule has 0 aliphatic heterocycles. The molecule has 1 heterocycles. The smallest absolute Gasteiger partial charge is 0.119 e. The topological polar surface area (TPSA) is 49.2 Å². The van der Waals surface area contributed by atoms with E-state index in [0.717, 1.165) is 17.3 Å². The van der Waals surface area contributed by atoms with Gasteiger partial charge in [-0.25, -0.2) is 4.98 Å². The van der Waals surface area contributed by atoms with E-state index in [-0.39, 0.29) is 6.61 Å². The van der Waals surface area contributed by atoms with E-state index in [1.54, 1.807) is 24.2 Å². The minimum Gasteiger partial charge on any atom is -0.395 e. The third kappa shape index (κ3) is 3.73. The fraction of sp³-hybridized carbons (Fsp3) is 0.636. The molecule has 90 valence electrons. The first-order valence-electron chi connectivity index (χ1n) is 5.37. The number of nitrogens with zero attached hydrogens (tertiary/aromatic N) is 3. The normalized spacial score (nSPS) is 11.4. The van der Waals surface area contributed by atoms with Crippen LogP contribution in [0.4, 0.5) is 0 Å². The standard InChI is InChI=1S/C11H19N3OS/c1-9(2)14(6-7-15)8-10-11(16-3)13-5-4-12-10/h4-5,9,15H,6-8H2,1-3H3. The van der Waals surface area contributed by atoms with Crippen LogP contribution >= 0.6 is 11.8 Å². The predicted molar refractivity (Wildman–Crippen MR) is 66.4 cm³/mol. The summed E-state index contributed by atoms with van der Waals surface area (Å²) in [6.07, 6.45) is 5.42. The summed E-state index contributed by atoms with van der Waals surface area (Å²) in [5.74, 6) is 0. The minimum atomic E-state index is 0.174. The van der Waals surface area contributed by atoms with Crippen LogP contribution in [-0.2, 0) is 6.54 Å². The summed E-state index contributed by atoms with van der Waals surface area (Å²) < 4.78 is 0. The van der Waals surface area contributed by atoms with Crippen molar-refractivity contribution in [3.63, 3.8) is 0 Å². The lowest BCUT2D eigenvalue weighted by molar-refractivity contribution is 0.156. The zero-order chi connectivity index (χ0) is 12.0. The Balaban J connectivity index is 2.76. The van der Waals surface area contributed by atoms with Crippen LogP contribution in [0.1, 0.15) is 19.5 Å². The summed E-state index contributed by atoms with van der Waals surface area (Å²) in [5, 5.41) is 9.97. The first-order chi connectivity index (χ1) is 7.69. The van der Waals surface area contributed by atoms with Crippen molar-refractivity contribution in [2.24, 2.45) is 0 Å². The highest BCUT2D eigenvalue weighted by Crippen LogP contribution is 2.17. The molecule has 0 aromatic carbocycles. The second-order valence-electron chi connectivity index (χ2n) is 3.80. The van der Waals surface area contributed by atoms with Crippen molar-refractivity contribution in [3.8, 4) is 0 Å². The van der Waals surface area contributed by atoms with E-state index in [2.05, 4.69) is 28.7 Å². The Morgan fingerprint density at radius 3 is 2.62 bits per heavy atom. The Morgan fingerprint density at radius 1 is 1.38 bits per heavy atom. The van der Waals surface area contributed by atoms with E-state index in [1.807, 2.05) is 6.26 Å². The molecule has 1 rings (SSSR count). The van der Waals surface area contributed by atoms with E-state index < -0.39 is 0 Å². The molecule has 0 bridgehead atoms. The van der Waals surface area contributed by atoms with Gasteiger partial charge in [-0.15, -0.1) is 11.8 Å². The average molecular weight is 241 g/mol. The Kier molecular flexibility index (Phi) is 5.73. The maximum absolute atomic E-state index is 9.01. The number of hydrogen-bond donors (Lipinski definition) is 1. The van der Waals surface area contributed by atoms with Gasteiger partial charge in [-0.1, -0.05) is 0 Å². The van der Waals surface area contributed by atoms with Crippen LogP contribution in [0, 0.1) is 0 Å². The molecular weight excluding hydrogens is 222 g/mol. The van der Waals surface area contributed by atoms with Crippen molar-refractivity contribution in [3.05, 3.63) is 18.1 Å². The van der Waals surface area contributed by atoms with Crippen LogP contribution in [0.2, 0.25) is 0 Å². The Bertz CT molecular complexity index is 320. The second kappa shape index (κ2) is 6.83. The predicted octanol–water partition coefficient (Wildman–Crippen LogP) is 1.40. The summed E-state index contributed by atoms with van der Waals surface area (Å²) in [6, 6.07) is 0.392. The first-order valence-corrected chi connectivity index (χ1v) is 6.60. The summed E-state index contributed by atoms with van der Waals surface area (Å²) in [4.78, 5) is 10.8. The van der Waals surface area contributed by atoms with E-state index >= 15 is 0 Å². The molecule has 0 saturated heterocycles.